The van der Waals surface area contributed by atoms with Gasteiger partial charge in [0, 0.05) is 18.2 Å². The lowest BCUT2D eigenvalue weighted by atomic mass is 10.2. The van der Waals surface area contributed by atoms with Gasteiger partial charge in [-0.3, -0.25) is 9.52 Å². The molecule has 1 aliphatic rings. The van der Waals surface area contributed by atoms with Crippen molar-refractivity contribution in [3.63, 3.8) is 0 Å². The first kappa shape index (κ1) is 17.3. The molecule has 3 rings (SSSR count). The van der Waals surface area contributed by atoms with Crippen LogP contribution in [-0.4, -0.2) is 20.9 Å². The predicted molar refractivity (Wildman–Crippen MR) is 88.7 cm³/mol. The molecule has 1 aliphatic carbocycles. The second-order valence-corrected chi connectivity index (χ2v) is 7.62. The number of sulfonamides is 1. The van der Waals surface area contributed by atoms with Gasteiger partial charge in [-0.05, 0) is 55.2 Å². The Morgan fingerprint density at radius 1 is 1.04 bits per heavy atom. The van der Waals surface area contributed by atoms with E-state index in [9.17, 15) is 22.0 Å². The molecule has 5 nitrogen and oxygen atoms in total. The quantitative estimate of drug-likeness (QED) is 0.825. The van der Waals surface area contributed by atoms with Crippen molar-refractivity contribution in [2.75, 3.05) is 11.3 Å². The molecule has 132 valence electrons. The summed E-state index contributed by atoms with van der Waals surface area (Å²) in [6, 6.07) is 7.72. The predicted octanol–water partition coefficient (Wildman–Crippen LogP) is 2.91. The second-order valence-electron chi connectivity index (χ2n) is 5.94. The van der Waals surface area contributed by atoms with Crippen LogP contribution in [0.25, 0.3) is 0 Å². The lowest BCUT2D eigenvalue weighted by Crippen LogP contribution is -2.25. The van der Waals surface area contributed by atoms with Crippen molar-refractivity contribution in [3.05, 3.63) is 59.7 Å². The van der Waals surface area contributed by atoms with E-state index in [1.165, 1.54) is 24.3 Å². The Balaban J connectivity index is 1.72. The van der Waals surface area contributed by atoms with Crippen molar-refractivity contribution in [1.82, 2.24) is 5.32 Å². The first-order chi connectivity index (χ1) is 11.8. The molecular weight excluding hydrogens is 350 g/mol. The Morgan fingerprint density at radius 2 is 1.64 bits per heavy atom. The number of anilines is 1. The van der Waals surface area contributed by atoms with Gasteiger partial charge in [-0.15, -0.1) is 0 Å². The summed E-state index contributed by atoms with van der Waals surface area (Å²) in [6.45, 7) is 0.617. The number of carbonyl (C=O) groups excluding carboxylic acids is 1. The number of amides is 1. The number of hydrogen-bond acceptors (Lipinski definition) is 3. The number of rotatable bonds is 6. The van der Waals surface area contributed by atoms with Gasteiger partial charge in [0.15, 0.2) is 0 Å². The number of benzene rings is 2. The lowest BCUT2D eigenvalue weighted by molar-refractivity contribution is 0.0951. The van der Waals surface area contributed by atoms with Crippen LogP contribution in [0.5, 0.6) is 0 Å². The highest BCUT2D eigenvalue weighted by atomic mass is 32.2. The van der Waals surface area contributed by atoms with E-state index in [2.05, 4.69) is 10.0 Å². The molecule has 0 radical (unpaired) electrons. The zero-order valence-corrected chi connectivity index (χ0v) is 13.9. The number of hydrogen-bond donors (Lipinski definition) is 2. The van der Waals surface area contributed by atoms with E-state index in [0.717, 1.165) is 25.0 Å². The normalized spacial score (nSPS) is 14.2. The third kappa shape index (κ3) is 4.54. The molecule has 8 heteroatoms. The van der Waals surface area contributed by atoms with E-state index in [0.29, 0.717) is 24.1 Å². The van der Waals surface area contributed by atoms with E-state index < -0.39 is 21.7 Å². The van der Waals surface area contributed by atoms with Crippen LogP contribution in [0.2, 0.25) is 0 Å². The number of carbonyl (C=O) groups is 1. The van der Waals surface area contributed by atoms with Crippen molar-refractivity contribution >= 4 is 21.6 Å². The number of nitrogens with one attached hydrogen (secondary N) is 2. The van der Waals surface area contributed by atoms with E-state index in [1.807, 2.05) is 0 Å². The van der Waals surface area contributed by atoms with Crippen LogP contribution >= 0.6 is 0 Å². The Bertz CT molecular complexity index is 874. The largest absolute Gasteiger partial charge is 0.352 e. The Labute approximate surface area is 144 Å². The lowest BCUT2D eigenvalue weighted by Gasteiger charge is -2.09. The maximum absolute atomic E-state index is 13.2. The van der Waals surface area contributed by atoms with Gasteiger partial charge in [0.25, 0.3) is 15.9 Å². The summed E-state index contributed by atoms with van der Waals surface area (Å²) in [5.74, 6) is -1.50. The van der Waals surface area contributed by atoms with E-state index >= 15 is 0 Å². The molecule has 1 amide bonds. The van der Waals surface area contributed by atoms with Gasteiger partial charge in [-0.2, -0.15) is 0 Å². The highest BCUT2D eigenvalue weighted by Crippen LogP contribution is 2.27. The molecule has 0 bridgehead atoms. The van der Waals surface area contributed by atoms with Crippen molar-refractivity contribution in [2.45, 2.75) is 17.7 Å². The Kier molecular flexibility index (Phi) is 4.71. The third-order valence-corrected chi connectivity index (χ3v) is 5.19. The van der Waals surface area contributed by atoms with E-state index in [4.69, 9.17) is 0 Å². The maximum atomic E-state index is 13.2. The van der Waals surface area contributed by atoms with Crippen LogP contribution in [0.15, 0.2) is 47.4 Å². The van der Waals surface area contributed by atoms with Gasteiger partial charge in [0.2, 0.25) is 0 Å². The summed E-state index contributed by atoms with van der Waals surface area (Å²) in [7, 11) is -4.02. The minimum Gasteiger partial charge on any atom is -0.352 e. The van der Waals surface area contributed by atoms with Crippen LogP contribution in [0.3, 0.4) is 0 Å². The summed E-state index contributed by atoms with van der Waals surface area (Å²) < 4.78 is 53.0. The molecule has 0 aliphatic heterocycles. The summed E-state index contributed by atoms with van der Waals surface area (Å²) >= 11 is 0. The van der Waals surface area contributed by atoms with Crippen molar-refractivity contribution in [1.29, 1.82) is 0 Å². The number of halogens is 2. The standard InChI is InChI=1S/C17H16F2N2O3S/c18-13-7-14(19)9-15(8-13)21-25(23,24)16-5-3-12(4-6-16)17(22)20-10-11-1-2-11/h3-9,11,21H,1-2,10H2,(H,20,22). The Hall–Kier alpha value is -2.48. The van der Waals surface area contributed by atoms with Crippen molar-refractivity contribution in [2.24, 2.45) is 5.92 Å². The van der Waals surface area contributed by atoms with Gasteiger partial charge < -0.3 is 5.32 Å². The first-order valence-corrected chi connectivity index (χ1v) is 9.19. The second kappa shape index (κ2) is 6.79. The van der Waals surface area contributed by atoms with Gasteiger partial charge in [-0.1, -0.05) is 0 Å². The highest BCUT2D eigenvalue weighted by molar-refractivity contribution is 7.92. The molecule has 2 aromatic carbocycles. The third-order valence-electron chi connectivity index (χ3n) is 3.79. The first-order valence-electron chi connectivity index (χ1n) is 7.71. The molecule has 0 aromatic heterocycles. The molecule has 0 heterocycles. The molecule has 1 fully saturated rings. The van der Waals surface area contributed by atoms with Crippen LogP contribution in [0.1, 0.15) is 23.2 Å². The van der Waals surface area contributed by atoms with Gasteiger partial charge in [0.1, 0.15) is 11.6 Å². The summed E-state index contributed by atoms with van der Waals surface area (Å²) in [6.07, 6.45) is 2.23. The van der Waals surface area contributed by atoms with Gasteiger partial charge >= 0.3 is 0 Å². The van der Waals surface area contributed by atoms with Crippen LogP contribution in [0.4, 0.5) is 14.5 Å². The molecule has 1 saturated carbocycles. The van der Waals surface area contributed by atoms with Crippen LogP contribution < -0.4 is 10.0 Å². The molecule has 0 unspecified atom stereocenters. The minimum absolute atomic E-state index is 0.115. The molecular formula is C17H16F2N2O3S. The highest BCUT2D eigenvalue weighted by Gasteiger charge is 2.22. The van der Waals surface area contributed by atoms with E-state index in [-0.39, 0.29) is 16.5 Å². The van der Waals surface area contributed by atoms with Gasteiger partial charge in [-0.25, -0.2) is 17.2 Å². The molecule has 2 N–H and O–H groups in total. The average molecular weight is 366 g/mol. The fraction of sp³-hybridized carbons (Fsp3) is 0.235. The monoisotopic (exact) mass is 366 g/mol. The molecule has 2 aromatic rings. The summed E-state index contributed by atoms with van der Waals surface area (Å²) in [5.41, 5.74) is 0.125. The summed E-state index contributed by atoms with van der Waals surface area (Å²) in [4.78, 5) is 11.8. The maximum Gasteiger partial charge on any atom is 0.261 e. The smallest absolute Gasteiger partial charge is 0.261 e. The molecule has 0 saturated heterocycles. The van der Waals surface area contributed by atoms with Gasteiger partial charge in [0.05, 0.1) is 10.6 Å². The fourth-order valence-corrected chi connectivity index (χ4v) is 3.31. The zero-order chi connectivity index (χ0) is 18.0. The fourth-order valence-electron chi connectivity index (χ4n) is 2.27. The molecule has 0 spiro atoms. The van der Waals surface area contributed by atoms with E-state index in [1.54, 1.807) is 0 Å². The SMILES string of the molecule is O=C(NCC1CC1)c1ccc(S(=O)(=O)Nc2cc(F)cc(F)c2)cc1. The van der Waals surface area contributed by atoms with Crippen LogP contribution in [-0.2, 0) is 10.0 Å². The molecule has 25 heavy (non-hydrogen) atoms. The Morgan fingerprint density at radius 3 is 2.20 bits per heavy atom. The van der Waals surface area contributed by atoms with Crippen molar-refractivity contribution in [3.8, 4) is 0 Å². The summed E-state index contributed by atoms with van der Waals surface area (Å²) in [5, 5.41) is 2.78. The van der Waals surface area contributed by atoms with Crippen molar-refractivity contribution < 1.29 is 22.0 Å². The average Bonchev–Trinajstić information content (AvgIpc) is 3.35. The zero-order valence-electron chi connectivity index (χ0n) is 13.1. The minimum atomic E-state index is -4.02. The molecule has 0 atom stereocenters. The topological polar surface area (TPSA) is 75.3 Å². The van der Waals surface area contributed by atoms with Crippen LogP contribution in [0, 0.1) is 17.6 Å².